The first kappa shape index (κ1) is 23.5. The van der Waals surface area contributed by atoms with Gasteiger partial charge in [0.15, 0.2) is 0 Å². The Bertz CT molecular complexity index is 1310. The minimum atomic E-state index is -1.98. The molecule has 0 spiro atoms. The van der Waals surface area contributed by atoms with Gasteiger partial charge in [-0.25, -0.2) is 23.4 Å². The van der Waals surface area contributed by atoms with Crippen molar-refractivity contribution in [2.24, 2.45) is 0 Å². The molecule has 0 aliphatic rings. The second-order valence-electron chi connectivity index (χ2n) is 7.90. The van der Waals surface area contributed by atoms with E-state index in [-0.39, 0.29) is 17.8 Å². The Morgan fingerprint density at radius 1 is 1.26 bits per heavy atom. The smallest absolute Gasteiger partial charge is 0.272 e. The second-order valence-corrected chi connectivity index (χ2v) is 8.34. The van der Waals surface area contributed by atoms with Gasteiger partial charge >= 0.3 is 0 Å². The van der Waals surface area contributed by atoms with Crippen molar-refractivity contribution in [1.82, 2.24) is 30.0 Å². The Kier molecular flexibility index (Phi) is 6.45. The molecule has 0 saturated carbocycles. The molecule has 2 atom stereocenters. The van der Waals surface area contributed by atoms with E-state index < -0.39 is 29.2 Å². The van der Waals surface area contributed by atoms with Crippen LogP contribution in [0.3, 0.4) is 0 Å². The van der Waals surface area contributed by atoms with E-state index in [2.05, 4.69) is 25.4 Å². The molecule has 3 N–H and O–H groups in total. The van der Waals surface area contributed by atoms with Crippen LogP contribution in [0.15, 0.2) is 55.1 Å². The number of aryl methyl sites for hydroxylation is 1. The van der Waals surface area contributed by atoms with Crippen molar-refractivity contribution in [2.45, 2.75) is 32.0 Å². The lowest BCUT2D eigenvalue weighted by molar-refractivity contribution is -0.0186. The minimum absolute atomic E-state index is 0.111. The number of hydrogen-bond donors (Lipinski definition) is 3. The van der Waals surface area contributed by atoms with Crippen LogP contribution in [0.2, 0.25) is 5.02 Å². The van der Waals surface area contributed by atoms with Crippen LogP contribution in [-0.2, 0) is 12.1 Å². The first-order valence-electron chi connectivity index (χ1n) is 10.3. The average Bonchev–Trinajstić information content (AvgIpc) is 3.43. The van der Waals surface area contributed by atoms with Crippen LogP contribution in [0.1, 0.15) is 28.7 Å². The number of benzene rings is 2. The van der Waals surface area contributed by atoms with Crippen molar-refractivity contribution in [3.8, 4) is 11.4 Å². The predicted molar refractivity (Wildman–Crippen MR) is 121 cm³/mol. The fraction of sp³-hybridized carbons (Fsp3) is 0.217. The van der Waals surface area contributed by atoms with E-state index in [1.807, 2.05) is 0 Å². The SMILES string of the molecule is Cc1[nH]c(-c2ccc(Cl)cc2)nc1C(=O)N[C@H](C)[C@](O)(Cn1cncn1)c1ccc(F)cc1F. The summed E-state index contributed by atoms with van der Waals surface area (Å²) in [5.41, 5.74) is -0.833. The maximum absolute atomic E-state index is 14.7. The van der Waals surface area contributed by atoms with Gasteiger partial charge in [0.25, 0.3) is 5.91 Å². The normalized spacial score (nSPS) is 13.9. The number of aromatic nitrogens is 5. The van der Waals surface area contributed by atoms with Crippen molar-refractivity contribution < 1.29 is 18.7 Å². The van der Waals surface area contributed by atoms with Crippen molar-refractivity contribution in [1.29, 1.82) is 0 Å². The summed E-state index contributed by atoms with van der Waals surface area (Å²) in [4.78, 5) is 24.3. The van der Waals surface area contributed by atoms with Gasteiger partial charge in [-0.05, 0) is 44.2 Å². The van der Waals surface area contributed by atoms with Crippen LogP contribution in [0.5, 0.6) is 0 Å². The Morgan fingerprint density at radius 2 is 2.00 bits per heavy atom. The number of aliphatic hydroxyl groups is 1. The summed E-state index contributed by atoms with van der Waals surface area (Å²) >= 11 is 5.93. The highest BCUT2D eigenvalue weighted by atomic mass is 35.5. The molecule has 0 saturated heterocycles. The van der Waals surface area contributed by atoms with E-state index in [0.717, 1.165) is 17.7 Å². The molecule has 0 fully saturated rings. The number of nitrogens with zero attached hydrogens (tertiary/aromatic N) is 4. The lowest BCUT2D eigenvalue weighted by atomic mass is 9.86. The van der Waals surface area contributed by atoms with Crippen LogP contribution >= 0.6 is 11.6 Å². The summed E-state index contributed by atoms with van der Waals surface area (Å²) < 4.78 is 29.5. The molecule has 0 radical (unpaired) electrons. The van der Waals surface area contributed by atoms with Gasteiger partial charge in [-0.3, -0.25) is 4.79 Å². The van der Waals surface area contributed by atoms with E-state index in [4.69, 9.17) is 11.6 Å². The van der Waals surface area contributed by atoms with Gasteiger partial charge in [0, 0.05) is 27.9 Å². The van der Waals surface area contributed by atoms with Crippen molar-refractivity contribution in [3.63, 3.8) is 0 Å². The largest absolute Gasteiger partial charge is 0.381 e. The molecule has 176 valence electrons. The molecule has 4 aromatic rings. The van der Waals surface area contributed by atoms with Gasteiger partial charge < -0.3 is 15.4 Å². The number of hydrogen-bond acceptors (Lipinski definition) is 5. The molecule has 11 heteroatoms. The first-order chi connectivity index (χ1) is 16.2. The molecule has 8 nitrogen and oxygen atoms in total. The molecule has 34 heavy (non-hydrogen) atoms. The minimum Gasteiger partial charge on any atom is -0.381 e. The van der Waals surface area contributed by atoms with Crippen LogP contribution in [-0.4, -0.2) is 41.8 Å². The van der Waals surface area contributed by atoms with Gasteiger partial charge in [-0.15, -0.1) is 0 Å². The summed E-state index contributed by atoms with van der Waals surface area (Å²) in [5, 5.41) is 18.8. The van der Waals surface area contributed by atoms with Crippen molar-refractivity contribution in [2.75, 3.05) is 0 Å². The molecule has 2 aromatic carbocycles. The molecule has 2 aromatic heterocycles. The summed E-state index contributed by atoms with van der Waals surface area (Å²) in [5.74, 6) is -1.86. The third-order valence-electron chi connectivity index (χ3n) is 5.55. The van der Waals surface area contributed by atoms with E-state index in [0.29, 0.717) is 22.6 Å². The number of imidazole rings is 1. The molecule has 2 heterocycles. The zero-order valence-electron chi connectivity index (χ0n) is 18.3. The highest BCUT2D eigenvalue weighted by molar-refractivity contribution is 6.30. The van der Waals surface area contributed by atoms with Crippen molar-refractivity contribution in [3.05, 3.63) is 88.7 Å². The molecular weight excluding hydrogens is 466 g/mol. The fourth-order valence-corrected chi connectivity index (χ4v) is 3.79. The molecule has 4 rings (SSSR count). The Labute approximate surface area is 198 Å². The van der Waals surface area contributed by atoms with E-state index in [1.165, 1.54) is 24.3 Å². The number of H-pyrrole nitrogens is 1. The third-order valence-corrected chi connectivity index (χ3v) is 5.80. The van der Waals surface area contributed by atoms with Gasteiger partial charge in [0.2, 0.25) is 0 Å². The van der Waals surface area contributed by atoms with E-state index in [9.17, 15) is 18.7 Å². The molecule has 0 aliphatic carbocycles. The van der Waals surface area contributed by atoms with Crippen LogP contribution in [0.25, 0.3) is 11.4 Å². The highest BCUT2D eigenvalue weighted by Crippen LogP contribution is 2.30. The molecule has 0 bridgehead atoms. The van der Waals surface area contributed by atoms with Gasteiger partial charge in [-0.1, -0.05) is 17.7 Å². The number of aromatic amines is 1. The summed E-state index contributed by atoms with van der Waals surface area (Å²) in [6.45, 7) is 2.96. The lowest BCUT2D eigenvalue weighted by Gasteiger charge is -2.35. The first-order valence-corrected chi connectivity index (χ1v) is 10.7. The Balaban J connectivity index is 1.63. The number of nitrogens with one attached hydrogen (secondary N) is 2. The monoisotopic (exact) mass is 486 g/mol. The van der Waals surface area contributed by atoms with Crippen LogP contribution < -0.4 is 5.32 Å². The quantitative estimate of drug-likeness (QED) is 0.370. The molecular formula is C23H21ClF2N6O2. The highest BCUT2D eigenvalue weighted by Gasteiger charge is 2.40. The van der Waals surface area contributed by atoms with E-state index in [1.54, 1.807) is 31.2 Å². The molecule has 0 aliphatic heterocycles. The maximum atomic E-state index is 14.7. The third kappa shape index (κ3) is 4.68. The van der Waals surface area contributed by atoms with Crippen LogP contribution in [0, 0.1) is 18.6 Å². The summed E-state index contributed by atoms with van der Waals surface area (Å²) in [6, 6.07) is 8.76. The zero-order valence-corrected chi connectivity index (χ0v) is 19.0. The fourth-order valence-electron chi connectivity index (χ4n) is 3.67. The number of rotatable bonds is 7. The second kappa shape index (κ2) is 9.32. The zero-order chi connectivity index (χ0) is 24.5. The van der Waals surface area contributed by atoms with E-state index >= 15 is 0 Å². The molecule has 0 unspecified atom stereocenters. The average molecular weight is 487 g/mol. The lowest BCUT2D eigenvalue weighted by Crippen LogP contribution is -2.52. The van der Waals surface area contributed by atoms with Gasteiger partial charge in [-0.2, -0.15) is 5.10 Å². The molecule has 1 amide bonds. The number of halogens is 3. The standard InChI is InChI=1S/C23H21ClF2N6O2/c1-13-20(31-21(29-13)15-3-5-16(24)6-4-15)22(33)30-14(2)23(34,10-32-12-27-11-28-32)18-8-7-17(25)9-19(18)26/h3-9,11-12,14,34H,10H2,1-2H3,(H,29,31)(H,30,33)/t14-,23-/m1/s1. The number of carbonyl (C=O) groups is 1. The number of amides is 1. The van der Waals surface area contributed by atoms with Crippen LogP contribution in [0.4, 0.5) is 8.78 Å². The summed E-state index contributed by atoms with van der Waals surface area (Å²) in [6.07, 6.45) is 2.60. The van der Waals surface area contributed by atoms with Gasteiger partial charge in [0.1, 0.15) is 41.4 Å². The Hall–Kier alpha value is -3.63. The van der Waals surface area contributed by atoms with Crippen molar-refractivity contribution >= 4 is 17.5 Å². The predicted octanol–water partition coefficient (Wildman–Crippen LogP) is 3.61. The summed E-state index contributed by atoms with van der Waals surface area (Å²) in [7, 11) is 0. The maximum Gasteiger partial charge on any atom is 0.272 e. The Morgan fingerprint density at radius 3 is 2.65 bits per heavy atom. The van der Waals surface area contributed by atoms with Gasteiger partial charge in [0.05, 0.1) is 12.6 Å². The topological polar surface area (TPSA) is 109 Å². The number of carbonyl (C=O) groups excluding carboxylic acids is 1.